The smallest absolute Gasteiger partial charge is 0.0928 e. The molecule has 0 aliphatic rings. The number of hydrogen-bond acceptors (Lipinski definition) is 2. The first kappa shape index (κ1) is 13.8. The summed E-state index contributed by atoms with van der Waals surface area (Å²) in [7, 11) is 0. The van der Waals surface area contributed by atoms with E-state index < -0.39 is 6.10 Å². The van der Waals surface area contributed by atoms with E-state index >= 15 is 0 Å². The van der Waals surface area contributed by atoms with E-state index in [1.165, 1.54) is 0 Å². The summed E-state index contributed by atoms with van der Waals surface area (Å²) in [5.41, 5.74) is 0.718. The Hall–Kier alpha value is -0.280. The number of aliphatic hydroxyl groups excluding tert-OH is 1. The summed E-state index contributed by atoms with van der Waals surface area (Å²) in [4.78, 5) is 0. The van der Waals surface area contributed by atoms with Gasteiger partial charge < -0.3 is 10.4 Å². The van der Waals surface area contributed by atoms with Crippen LogP contribution in [0.25, 0.3) is 0 Å². The van der Waals surface area contributed by atoms with Crippen molar-refractivity contribution < 1.29 is 5.11 Å². The Morgan fingerprint density at radius 2 is 2.12 bits per heavy atom. The molecule has 1 aromatic carbocycles. The lowest BCUT2D eigenvalue weighted by Crippen LogP contribution is -2.22. The lowest BCUT2D eigenvalue weighted by atomic mass is 10.1. The van der Waals surface area contributed by atoms with Crippen molar-refractivity contribution in [3.63, 3.8) is 0 Å². The number of nitrogens with one attached hydrogen (secondary N) is 1. The molecule has 0 spiro atoms. The minimum Gasteiger partial charge on any atom is -0.387 e. The molecular formula is C12H17Cl2NO. The Kier molecular flexibility index (Phi) is 6.14. The average molecular weight is 262 g/mol. The predicted octanol–water partition coefficient (Wildman–Crippen LogP) is 3.42. The van der Waals surface area contributed by atoms with Crippen LogP contribution in [-0.4, -0.2) is 18.2 Å². The molecule has 0 radical (unpaired) electrons. The summed E-state index contributed by atoms with van der Waals surface area (Å²) in [6, 6.07) is 5.14. The maximum atomic E-state index is 9.90. The molecule has 0 heterocycles. The van der Waals surface area contributed by atoms with Gasteiger partial charge in [0.05, 0.1) is 6.10 Å². The lowest BCUT2D eigenvalue weighted by Gasteiger charge is -2.13. The molecule has 0 bridgehead atoms. The molecule has 16 heavy (non-hydrogen) atoms. The number of aliphatic hydroxyl groups is 1. The summed E-state index contributed by atoms with van der Waals surface area (Å²) >= 11 is 11.8. The van der Waals surface area contributed by atoms with Crippen LogP contribution in [0.1, 0.15) is 31.4 Å². The van der Waals surface area contributed by atoms with E-state index in [-0.39, 0.29) is 0 Å². The fourth-order valence-corrected chi connectivity index (χ4v) is 1.96. The maximum absolute atomic E-state index is 9.90. The normalized spacial score (nSPS) is 12.8. The molecule has 2 N–H and O–H groups in total. The summed E-state index contributed by atoms with van der Waals surface area (Å²) in [6.45, 7) is 3.56. The third-order valence-electron chi connectivity index (χ3n) is 2.37. The van der Waals surface area contributed by atoms with Gasteiger partial charge in [-0.25, -0.2) is 0 Å². The fourth-order valence-electron chi connectivity index (χ4n) is 1.42. The van der Waals surface area contributed by atoms with Gasteiger partial charge in [0, 0.05) is 22.2 Å². The van der Waals surface area contributed by atoms with Crippen LogP contribution < -0.4 is 5.32 Å². The molecule has 1 aromatic rings. The first-order valence-electron chi connectivity index (χ1n) is 5.49. The Morgan fingerprint density at radius 1 is 1.38 bits per heavy atom. The van der Waals surface area contributed by atoms with Crippen LogP contribution in [0.2, 0.25) is 10.0 Å². The van der Waals surface area contributed by atoms with Crippen LogP contribution in [0.5, 0.6) is 0 Å². The van der Waals surface area contributed by atoms with Crippen LogP contribution in [0.15, 0.2) is 18.2 Å². The average Bonchev–Trinajstić information content (AvgIpc) is 2.24. The summed E-state index contributed by atoms with van der Waals surface area (Å²) < 4.78 is 0. The SMILES string of the molecule is CCCCNCC(O)c1ccc(Cl)cc1Cl. The third-order valence-corrected chi connectivity index (χ3v) is 2.93. The lowest BCUT2D eigenvalue weighted by molar-refractivity contribution is 0.175. The number of halogens is 2. The van der Waals surface area contributed by atoms with Crippen LogP contribution in [0.4, 0.5) is 0 Å². The monoisotopic (exact) mass is 261 g/mol. The van der Waals surface area contributed by atoms with E-state index in [9.17, 15) is 5.11 Å². The molecule has 0 amide bonds. The quantitative estimate of drug-likeness (QED) is 0.770. The van der Waals surface area contributed by atoms with Crippen LogP contribution in [-0.2, 0) is 0 Å². The zero-order chi connectivity index (χ0) is 12.0. The van der Waals surface area contributed by atoms with Gasteiger partial charge in [-0.15, -0.1) is 0 Å². The van der Waals surface area contributed by atoms with E-state index in [0.29, 0.717) is 16.6 Å². The van der Waals surface area contributed by atoms with Crippen LogP contribution in [0, 0.1) is 0 Å². The third kappa shape index (κ3) is 4.30. The van der Waals surface area contributed by atoms with Gasteiger partial charge in [-0.3, -0.25) is 0 Å². The first-order valence-corrected chi connectivity index (χ1v) is 6.24. The van der Waals surface area contributed by atoms with Gasteiger partial charge in [0.1, 0.15) is 0 Å². The van der Waals surface area contributed by atoms with Crippen molar-refractivity contribution in [3.8, 4) is 0 Å². The van der Waals surface area contributed by atoms with E-state index in [4.69, 9.17) is 23.2 Å². The highest BCUT2D eigenvalue weighted by Gasteiger charge is 2.11. The van der Waals surface area contributed by atoms with Gasteiger partial charge in [-0.05, 0) is 25.1 Å². The number of benzene rings is 1. The molecule has 1 atom stereocenters. The predicted molar refractivity (Wildman–Crippen MR) is 69.2 cm³/mol. The zero-order valence-electron chi connectivity index (χ0n) is 9.34. The highest BCUT2D eigenvalue weighted by molar-refractivity contribution is 6.35. The van der Waals surface area contributed by atoms with Crippen molar-refractivity contribution in [3.05, 3.63) is 33.8 Å². The van der Waals surface area contributed by atoms with Gasteiger partial charge in [0.15, 0.2) is 0 Å². The standard InChI is InChI=1S/C12H17Cl2NO/c1-2-3-6-15-8-12(16)10-5-4-9(13)7-11(10)14/h4-5,7,12,15-16H,2-3,6,8H2,1H3. The Bertz CT molecular complexity index is 331. The van der Waals surface area contributed by atoms with Crippen molar-refractivity contribution in [1.82, 2.24) is 5.32 Å². The van der Waals surface area contributed by atoms with E-state index in [1.807, 2.05) is 0 Å². The van der Waals surface area contributed by atoms with Crippen molar-refractivity contribution in [2.45, 2.75) is 25.9 Å². The Morgan fingerprint density at radius 3 is 2.75 bits per heavy atom. The van der Waals surface area contributed by atoms with Crippen molar-refractivity contribution in [1.29, 1.82) is 0 Å². The van der Waals surface area contributed by atoms with Crippen LogP contribution in [0.3, 0.4) is 0 Å². The van der Waals surface area contributed by atoms with Gasteiger partial charge in [-0.2, -0.15) is 0 Å². The van der Waals surface area contributed by atoms with E-state index in [1.54, 1.807) is 18.2 Å². The van der Waals surface area contributed by atoms with Gasteiger partial charge in [-0.1, -0.05) is 42.6 Å². The second-order valence-electron chi connectivity index (χ2n) is 3.74. The first-order chi connectivity index (χ1) is 7.65. The molecule has 4 heteroatoms. The Labute approximate surface area is 107 Å². The van der Waals surface area contributed by atoms with Gasteiger partial charge in [0.2, 0.25) is 0 Å². The minimum atomic E-state index is -0.582. The van der Waals surface area contributed by atoms with Gasteiger partial charge in [0.25, 0.3) is 0 Å². The molecule has 2 nitrogen and oxygen atoms in total. The number of hydrogen-bond donors (Lipinski definition) is 2. The second kappa shape index (κ2) is 7.13. The maximum Gasteiger partial charge on any atom is 0.0928 e. The summed E-state index contributed by atoms with van der Waals surface area (Å²) in [5.74, 6) is 0. The fraction of sp³-hybridized carbons (Fsp3) is 0.500. The highest BCUT2D eigenvalue weighted by atomic mass is 35.5. The largest absolute Gasteiger partial charge is 0.387 e. The molecule has 1 unspecified atom stereocenters. The molecule has 0 aromatic heterocycles. The number of unbranched alkanes of at least 4 members (excludes halogenated alkanes) is 1. The molecule has 1 rings (SSSR count). The van der Waals surface area contributed by atoms with Crippen molar-refractivity contribution in [2.24, 2.45) is 0 Å². The van der Waals surface area contributed by atoms with Crippen molar-refractivity contribution >= 4 is 23.2 Å². The second-order valence-corrected chi connectivity index (χ2v) is 4.58. The van der Waals surface area contributed by atoms with Gasteiger partial charge >= 0.3 is 0 Å². The summed E-state index contributed by atoms with van der Waals surface area (Å²) in [5, 5.41) is 14.2. The molecule has 0 aliphatic heterocycles. The van der Waals surface area contributed by atoms with Crippen molar-refractivity contribution in [2.75, 3.05) is 13.1 Å². The molecule has 0 saturated carbocycles. The zero-order valence-corrected chi connectivity index (χ0v) is 10.9. The summed E-state index contributed by atoms with van der Waals surface area (Å²) in [6.07, 6.45) is 1.67. The number of rotatable bonds is 6. The molecule has 0 saturated heterocycles. The molecular weight excluding hydrogens is 245 g/mol. The molecule has 0 fully saturated rings. The van der Waals surface area contributed by atoms with E-state index in [0.717, 1.165) is 24.9 Å². The Balaban J connectivity index is 2.49. The van der Waals surface area contributed by atoms with E-state index in [2.05, 4.69) is 12.2 Å². The van der Waals surface area contributed by atoms with Crippen LogP contribution >= 0.6 is 23.2 Å². The highest BCUT2D eigenvalue weighted by Crippen LogP contribution is 2.25. The molecule has 90 valence electrons. The molecule has 0 aliphatic carbocycles. The minimum absolute atomic E-state index is 0.511. The topological polar surface area (TPSA) is 32.3 Å².